The van der Waals surface area contributed by atoms with E-state index in [-0.39, 0.29) is 18.0 Å². The Morgan fingerprint density at radius 2 is 1.77 bits per heavy atom. The minimum Gasteiger partial charge on any atom is -0.545 e. The summed E-state index contributed by atoms with van der Waals surface area (Å²) in [5, 5.41) is 11.7. The first kappa shape index (κ1) is 21.0. The molecule has 158 valence electrons. The molecule has 2 aromatic carbocycles. The van der Waals surface area contributed by atoms with E-state index in [9.17, 15) is 18.7 Å². The van der Waals surface area contributed by atoms with Crippen LogP contribution in [0.4, 0.5) is 8.78 Å². The molecule has 0 N–H and O–H groups in total. The number of ether oxygens (including phenoxy) is 1. The van der Waals surface area contributed by atoms with Gasteiger partial charge in [0.05, 0.1) is 11.0 Å². The van der Waals surface area contributed by atoms with Gasteiger partial charge in [-0.15, -0.1) is 0 Å². The number of carbonyl (C=O) groups is 1. The molecule has 0 bridgehead atoms. The number of nitrogens with zero attached hydrogens (tertiary/aromatic N) is 1. The van der Waals surface area contributed by atoms with Crippen LogP contribution in [0.1, 0.15) is 46.3 Å². The molecule has 0 fully saturated rings. The van der Waals surface area contributed by atoms with Gasteiger partial charge in [-0.2, -0.15) is 0 Å². The molecule has 7 heteroatoms. The molecule has 1 heterocycles. The number of carbonyl (C=O) groups excluding carboxylic acids is 1. The highest BCUT2D eigenvalue weighted by atomic mass is 35.5. The van der Waals surface area contributed by atoms with Gasteiger partial charge < -0.3 is 14.6 Å². The van der Waals surface area contributed by atoms with Gasteiger partial charge >= 0.3 is 0 Å². The molecule has 0 aliphatic heterocycles. The van der Waals surface area contributed by atoms with Gasteiger partial charge in [-0.3, -0.25) is 0 Å². The van der Waals surface area contributed by atoms with E-state index >= 15 is 0 Å². The molecule has 1 aliphatic rings. The summed E-state index contributed by atoms with van der Waals surface area (Å²) >= 11 is 6.19. The normalized spacial score (nSPS) is 13.5. The lowest BCUT2D eigenvalue weighted by molar-refractivity contribution is -0.255. The Morgan fingerprint density at radius 3 is 2.52 bits per heavy atom. The van der Waals surface area contributed by atoms with Gasteiger partial charge in [0.15, 0.2) is 0 Å². The number of hydrogen-bond acceptors (Lipinski definition) is 4. The lowest BCUT2D eigenvalue weighted by Gasteiger charge is -2.15. The summed E-state index contributed by atoms with van der Waals surface area (Å²) in [7, 11) is 0. The highest BCUT2D eigenvalue weighted by molar-refractivity contribution is 6.30. The molecule has 31 heavy (non-hydrogen) atoms. The second-order valence-electron chi connectivity index (χ2n) is 7.25. The van der Waals surface area contributed by atoms with Gasteiger partial charge in [-0.05, 0) is 77.9 Å². The Labute approximate surface area is 182 Å². The second kappa shape index (κ2) is 8.86. The first-order valence-corrected chi connectivity index (χ1v) is 10.1. The van der Waals surface area contributed by atoms with Crippen molar-refractivity contribution >= 4 is 28.7 Å². The molecule has 0 spiro atoms. The molecule has 0 unspecified atom stereocenters. The third kappa shape index (κ3) is 4.75. The number of aromatic nitrogens is 1. The topological polar surface area (TPSA) is 62.2 Å². The Morgan fingerprint density at radius 1 is 1.03 bits per heavy atom. The summed E-state index contributed by atoms with van der Waals surface area (Å²) in [6.45, 7) is 0.180. The lowest BCUT2D eigenvalue weighted by Crippen LogP contribution is -2.22. The van der Waals surface area contributed by atoms with Gasteiger partial charge in [-0.25, -0.2) is 13.8 Å². The van der Waals surface area contributed by atoms with E-state index in [2.05, 4.69) is 4.98 Å². The summed E-state index contributed by atoms with van der Waals surface area (Å²) in [6, 6.07) is 11.3. The quantitative estimate of drug-likeness (QED) is 0.538. The molecular formula is C24H17ClF2NO3-. The molecule has 4 nitrogen and oxygen atoms in total. The third-order valence-corrected chi connectivity index (χ3v) is 5.34. The SMILES string of the molecule is O=C([O-])c1cc(F)cc(C2=C(c3cc(Cl)cnc3OCc3ccc(F)cc3)CCC2)c1. The number of carboxylic acids is 1. The van der Waals surface area contributed by atoms with E-state index in [1.165, 1.54) is 30.5 Å². The largest absolute Gasteiger partial charge is 0.545 e. The summed E-state index contributed by atoms with van der Waals surface area (Å²) in [5.41, 5.74) is 3.40. The Bertz CT molecular complexity index is 1180. The summed E-state index contributed by atoms with van der Waals surface area (Å²) in [4.78, 5) is 15.6. The zero-order valence-corrected chi connectivity index (χ0v) is 17.1. The van der Waals surface area contributed by atoms with Crippen molar-refractivity contribution in [3.8, 4) is 5.88 Å². The molecule has 0 atom stereocenters. The average molecular weight is 441 g/mol. The van der Waals surface area contributed by atoms with Crippen molar-refractivity contribution in [1.29, 1.82) is 0 Å². The number of benzene rings is 2. The zero-order chi connectivity index (χ0) is 22.0. The minimum atomic E-state index is -1.44. The maximum absolute atomic E-state index is 14.1. The number of aromatic carboxylic acids is 1. The van der Waals surface area contributed by atoms with Crippen molar-refractivity contribution in [2.45, 2.75) is 25.9 Å². The van der Waals surface area contributed by atoms with Gasteiger partial charge in [-0.1, -0.05) is 23.7 Å². The summed E-state index contributed by atoms with van der Waals surface area (Å²) in [6.07, 6.45) is 3.61. The molecule has 4 rings (SSSR count). The van der Waals surface area contributed by atoms with Crippen LogP contribution in [-0.4, -0.2) is 11.0 Å². The molecule has 0 saturated heterocycles. The first-order valence-electron chi connectivity index (χ1n) is 9.68. The van der Waals surface area contributed by atoms with Crippen molar-refractivity contribution in [1.82, 2.24) is 4.98 Å². The van der Waals surface area contributed by atoms with Crippen LogP contribution in [-0.2, 0) is 6.61 Å². The predicted octanol–water partition coefficient (Wildman–Crippen LogP) is 5.05. The molecule has 1 aliphatic carbocycles. The Kier molecular flexibility index (Phi) is 6.00. The standard InChI is InChI=1S/C24H18ClF2NO3/c25-17-11-22(23(28-12-17)31-13-14-4-6-18(26)7-5-14)21-3-1-2-20(21)15-8-16(24(29)30)10-19(27)9-15/h4-12H,1-3,13H2,(H,29,30)/p-1. The molecule has 0 amide bonds. The molecular weight excluding hydrogens is 424 g/mol. The predicted molar refractivity (Wildman–Crippen MR) is 111 cm³/mol. The van der Waals surface area contributed by atoms with Gasteiger partial charge in [0.25, 0.3) is 0 Å². The van der Waals surface area contributed by atoms with E-state index in [4.69, 9.17) is 16.3 Å². The maximum Gasteiger partial charge on any atom is 0.221 e. The smallest absolute Gasteiger partial charge is 0.221 e. The molecule has 1 aromatic heterocycles. The fraction of sp³-hybridized carbons (Fsp3) is 0.167. The van der Waals surface area contributed by atoms with E-state index < -0.39 is 11.8 Å². The highest BCUT2D eigenvalue weighted by Crippen LogP contribution is 2.43. The number of halogens is 3. The highest BCUT2D eigenvalue weighted by Gasteiger charge is 2.22. The lowest BCUT2D eigenvalue weighted by atomic mass is 9.96. The van der Waals surface area contributed by atoms with Crippen LogP contribution < -0.4 is 9.84 Å². The molecule has 3 aromatic rings. The molecule has 0 saturated carbocycles. The van der Waals surface area contributed by atoms with Crippen LogP contribution in [0.2, 0.25) is 5.02 Å². The average Bonchev–Trinajstić information content (AvgIpc) is 3.23. The van der Waals surface area contributed by atoms with Crippen molar-refractivity contribution in [3.05, 3.63) is 93.6 Å². The van der Waals surface area contributed by atoms with E-state index in [1.54, 1.807) is 18.2 Å². The van der Waals surface area contributed by atoms with Crippen molar-refractivity contribution < 1.29 is 23.4 Å². The molecule has 0 radical (unpaired) electrons. The maximum atomic E-state index is 14.1. The number of allylic oxidation sites excluding steroid dienone is 2. The number of hydrogen-bond donors (Lipinski definition) is 0. The Hall–Kier alpha value is -3.25. The van der Waals surface area contributed by atoms with Crippen LogP contribution in [0, 0.1) is 11.6 Å². The zero-order valence-electron chi connectivity index (χ0n) is 16.3. The third-order valence-electron chi connectivity index (χ3n) is 5.13. The van der Waals surface area contributed by atoms with Crippen LogP contribution in [0.5, 0.6) is 5.88 Å². The minimum absolute atomic E-state index is 0.180. The van der Waals surface area contributed by atoms with E-state index in [0.717, 1.165) is 29.2 Å². The number of carboxylic acid groups (broad SMARTS) is 1. The van der Waals surface area contributed by atoms with Crippen LogP contribution in [0.15, 0.2) is 54.7 Å². The number of rotatable bonds is 6. The van der Waals surface area contributed by atoms with Crippen molar-refractivity contribution in [2.75, 3.05) is 0 Å². The second-order valence-corrected chi connectivity index (χ2v) is 7.68. The Balaban J connectivity index is 1.73. The number of pyridine rings is 1. The monoisotopic (exact) mass is 440 g/mol. The fourth-order valence-electron chi connectivity index (χ4n) is 3.73. The van der Waals surface area contributed by atoms with Gasteiger partial charge in [0.1, 0.15) is 18.2 Å². The summed E-state index contributed by atoms with van der Waals surface area (Å²) in [5.74, 6) is -2.07. The van der Waals surface area contributed by atoms with Crippen molar-refractivity contribution in [3.63, 3.8) is 0 Å². The van der Waals surface area contributed by atoms with Crippen LogP contribution in [0.3, 0.4) is 0 Å². The van der Waals surface area contributed by atoms with Crippen molar-refractivity contribution in [2.24, 2.45) is 0 Å². The van der Waals surface area contributed by atoms with Crippen LogP contribution >= 0.6 is 11.6 Å². The van der Waals surface area contributed by atoms with E-state index in [0.29, 0.717) is 34.9 Å². The first-order chi connectivity index (χ1) is 14.9. The van der Waals surface area contributed by atoms with Gasteiger partial charge in [0, 0.05) is 17.3 Å². The summed E-state index contributed by atoms with van der Waals surface area (Å²) < 4.78 is 33.1. The van der Waals surface area contributed by atoms with E-state index in [1.807, 2.05) is 0 Å². The van der Waals surface area contributed by atoms with Gasteiger partial charge in [0.2, 0.25) is 5.88 Å². The van der Waals surface area contributed by atoms with Crippen LogP contribution in [0.25, 0.3) is 11.1 Å². The fourth-order valence-corrected chi connectivity index (χ4v) is 3.89.